The largest absolute Gasteiger partial charge is 0.374 e. The number of ether oxygens (including phenoxy) is 1. The molecule has 1 aromatic rings. The zero-order chi connectivity index (χ0) is 11.8. The monoisotopic (exact) mass is 218 g/mol. The standard InChI is InChI=1S/C14H18O2/c1-12(15)11-13(2)16-10-6-9-14-7-4-3-5-8-14/h3-9,13H,10-11H2,1-2H3. The predicted octanol–water partition coefficient (Wildman–Crippen LogP) is 3.08. The molecule has 0 spiro atoms. The summed E-state index contributed by atoms with van der Waals surface area (Å²) in [5.74, 6) is 0.166. The Labute approximate surface area is 96.9 Å². The topological polar surface area (TPSA) is 26.3 Å². The third-order valence-electron chi connectivity index (χ3n) is 2.16. The fourth-order valence-electron chi connectivity index (χ4n) is 1.43. The first-order valence-corrected chi connectivity index (χ1v) is 5.51. The number of carbonyl (C=O) groups excluding carboxylic acids is 1. The SMILES string of the molecule is CC(=O)CC(C)OCC=Cc1ccccc1. The van der Waals surface area contributed by atoms with Crippen LogP contribution in [0.1, 0.15) is 25.8 Å². The first-order valence-electron chi connectivity index (χ1n) is 5.51. The second-order valence-electron chi connectivity index (χ2n) is 3.86. The van der Waals surface area contributed by atoms with Gasteiger partial charge in [0.2, 0.25) is 0 Å². The van der Waals surface area contributed by atoms with Crippen molar-refractivity contribution >= 4 is 11.9 Å². The molecule has 1 atom stereocenters. The molecule has 0 amide bonds. The molecule has 0 saturated heterocycles. The summed E-state index contributed by atoms with van der Waals surface area (Å²) in [6.07, 6.45) is 4.46. The number of hydrogen-bond acceptors (Lipinski definition) is 2. The number of ketones is 1. The Morgan fingerprint density at radius 3 is 2.69 bits per heavy atom. The van der Waals surface area contributed by atoms with E-state index < -0.39 is 0 Å². The van der Waals surface area contributed by atoms with Gasteiger partial charge in [0.25, 0.3) is 0 Å². The molecule has 0 fully saturated rings. The summed E-state index contributed by atoms with van der Waals surface area (Å²) in [7, 11) is 0. The first-order chi connectivity index (χ1) is 7.68. The van der Waals surface area contributed by atoms with Gasteiger partial charge in [0.15, 0.2) is 0 Å². The molecule has 0 bridgehead atoms. The molecular weight excluding hydrogens is 200 g/mol. The summed E-state index contributed by atoms with van der Waals surface area (Å²) in [5, 5.41) is 0. The molecule has 0 aliphatic rings. The Morgan fingerprint density at radius 1 is 1.38 bits per heavy atom. The molecular formula is C14H18O2. The summed E-state index contributed by atoms with van der Waals surface area (Å²) in [6.45, 7) is 4.04. The van der Waals surface area contributed by atoms with Crippen LogP contribution in [0.4, 0.5) is 0 Å². The fraction of sp³-hybridized carbons (Fsp3) is 0.357. The highest BCUT2D eigenvalue weighted by molar-refractivity contribution is 5.75. The Bertz CT molecular complexity index is 341. The molecule has 0 aliphatic heterocycles. The molecule has 0 N–H and O–H groups in total. The van der Waals surface area contributed by atoms with Crippen molar-refractivity contribution in [1.29, 1.82) is 0 Å². The summed E-state index contributed by atoms with van der Waals surface area (Å²) in [4.78, 5) is 10.8. The van der Waals surface area contributed by atoms with Gasteiger partial charge in [0.05, 0.1) is 12.7 Å². The quantitative estimate of drug-likeness (QED) is 0.733. The molecule has 86 valence electrons. The molecule has 2 heteroatoms. The van der Waals surface area contributed by atoms with Gasteiger partial charge in [-0.3, -0.25) is 4.79 Å². The van der Waals surface area contributed by atoms with Gasteiger partial charge >= 0.3 is 0 Å². The van der Waals surface area contributed by atoms with Crippen molar-refractivity contribution in [2.24, 2.45) is 0 Å². The minimum atomic E-state index is -0.00192. The van der Waals surface area contributed by atoms with Gasteiger partial charge in [-0.25, -0.2) is 0 Å². The second kappa shape index (κ2) is 6.96. The van der Waals surface area contributed by atoms with Crippen LogP contribution in [0.15, 0.2) is 36.4 Å². The lowest BCUT2D eigenvalue weighted by Crippen LogP contribution is -2.12. The number of benzene rings is 1. The van der Waals surface area contributed by atoms with Gasteiger partial charge in [0, 0.05) is 6.42 Å². The molecule has 0 radical (unpaired) electrons. The summed E-state index contributed by atoms with van der Waals surface area (Å²) in [5.41, 5.74) is 1.16. The Morgan fingerprint density at radius 2 is 2.06 bits per heavy atom. The average Bonchev–Trinajstić information content (AvgIpc) is 2.25. The highest BCUT2D eigenvalue weighted by Crippen LogP contribution is 2.02. The van der Waals surface area contributed by atoms with E-state index in [0.717, 1.165) is 5.56 Å². The van der Waals surface area contributed by atoms with E-state index >= 15 is 0 Å². The molecule has 0 aromatic heterocycles. The molecule has 2 nitrogen and oxygen atoms in total. The van der Waals surface area contributed by atoms with E-state index in [2.05, 4.69) is 0 Å². The van der Waals surface area contributed by atoms with Gasteiger partial charge in [-0.05, 0) is 19.4 Å². The number of hydrogen-bond donors (Lipinski definition) is 0. The van der Waals surface area contributed by atoms with Crippen LogP contribution in [0, 0.1) is 0 Å². The maximum Gasteiger partial charge on any atom is 0.132 e. The van der Waals surface area contributed by atoms with E-state index in [4.69, 9.17) is 4.74 Å². The number of Topliss-reactive ketones (excluding diaryl/α,β-unsaturated/α-hetero) is 1. The van der Waals surface area contributed by atoms with Crippen LogP contribution >= 0.6 is 0 Å². The van der Waals surface area contributed by atoms with Gasteiger partial charge < -0.3 is 4.74 Å². The van der Waals surface area contributed by atoms with E-state index in [9.17, 15) is 4.79 Å². The van der Waals surface area contributed by atoms with Crippen LogP contribution in [0.25, 0.3) is 6.08 Å². The molecule has 0 saturated carbocycles. The van der Waals surface area contributed by atoms with E-state index in [0.29, 0.717) is 13.0 Å². The van der Waals surface area contributed by atoms with E-state index in [1.165, 1.54) is 0 Å². The lowest BCUT2D eigenvalue weighted by molar-refractivity contribution is -0.119. The Hall–Kier alpha value is -1.41. The maximum absolute atomic E-state index is 10.8. The van der Waals surface area contributed by atoms with Crippen LogP contribution in [0.2, 0.25) is 0 Å². The zero-order valence-corrected chi connectivity index (χ0v) is 9.85. The van der Waals surface area contributed by atoms with Gasteiger partial charge in [-0.15, -0.1) is 0 Å². The molecule has 0 aliphatic carbocycles. The molecule has 1 rings (SSSR count). The van der Waals surface area contributed by atoms with Crippen LogP contribution < -0.4 is 0 Å². The van der Waals surface area contributed by atoms with Crippen LogP contribution in [-0.4, -0.2) is 18.5 Å². The maximum atomic E-state index is 10.8. The predicted molar refractivity (Wildman–Crippen MR) is 66.2 cm³/mol. The van der Waals surface area contributed by atoms with Crippen molar-refractivity contribution in [3.8, 4) is 0 Å². The third kappa shape index (κ3) is 5.47. The highest BCUT2D eigenvalue weighted by Gasteiger charge is 2.03. The lowest BCUT2D eigenvalue weighted by Gasteiger charge is -2.08. The summed E-state index contributed by atoms with van der Waals surface area (Å²) < 4.78 is 5.47. The summed E-state index contributed by atoms with van der Waals surface area (Å²) in [6, 6.07) is 10.1. The third-order valence-corrected chi connectivity index (χ3v) is 2.16. The first kappa shape index (κ1) is 12.7. The minimum Gasteiger partial charge on any atom is -0.374 e. The molecule has 16 heavy (non-hydrogen) atoms. The van der Waals surface area contributed by atoms with Crippen molar-refractivity contribution < 1.29 is 9.53 Å². The normalized spacial score (nSPS) is 12.9. The van der Waals surface area contributed by atoms with Crippen molar-refractivity contribution in [1.82, 2.24) is 0 Å². The van der Waals surface area contributed by atoms with Gasteiger partial charge in [0.1, 0.15) is 5.78 Å². The van der Waals surface area contributed by atoms with E-state index in [1.807, 2.05) is 49.4 Å². The minimum absolute atomic E-state index is 0.00192. The van der Waals surface area contributed by atoms with E-state index in [1.54, 1.807) is 6.92 Å². The van der Waals surface area contributed by atoms with Crippen molar-refractivity contribution in [2.45, 2.75) is 26.4 Å². The summed E-state index contributed by atoms with van der Waals surface area (Å²) >= 11 is 0. The smallest absolute Gasteiger partial charge is 0.132 e. The zero-order valence-electron chi connectivity index (χ0n) is 9.85. The highest BCUT2D eigenvalue weighted by atomic mass is 16.5. The Balaban J connectivity index is 2.25. The molecule has 1 aromatic carbocycles. The van der Waals surface area contributed by atoms with Gasteiger partial charge in [-0.1, -0.05) is 42.5 Å². The number of carbonyl (C=O) groups is 1. The second-order valence-corrected chi connectivity index (χ2v) is 3.86. The molecule has 1 unspecified atom stereocenters. The lowest BCUT2D eigenvalue weighted by atomic mass is 10.2. The molecule has 0 heterocycles. The number of rotatable bonds is 6. The van der Waals surface area contributed by atoms with Crippen LogP contribution in [0.5, 0.6) is 0 Å². The van der Waals surface area contributed by atoms with Crippen LogP contribution in [0.3, 0.4) is 0 Å². The van der Waals surface area contributed by atoms with Crippen molar-refractivity contribution in [3.63, 3.8) is 0 Å². The fourth-order valence-corrected chi connectivity index (χ4v) is 1.43. The Kier molecular flexibility index (Phi) is 5.51. The van der Waals surface area contributed by atoms with Gasteiger partial charge in [-0.2, -0.15) is 0 Å². The van der Waals surface area contributed by atoms with E-state index in [-0.39, 0.29) is 11.9 Å². The van der Waals surface area contributed by atoms with Crippen LogP contribution in [-0.2, 0) is 9.53 Å². The van der Waals surface area contributed by atoms with Crippen molar-refractivity contribution in [2.75, 3.05) is 6.61 Å². The average molecular weight is 218 g/mol. The van der Waals surface area contributed by atoms with Crippen molar-refractivity contribution in [3.05, 3.63) is 42.0 Å².